The van der Waals surface area contributed by atoms with E-state index in [0.717, 1.165) is 9.86 Å². The van der Waals surface area contributed by atoms with Crippen molar-refractivity contribution >= 4 is 55.7 Å². The van der Waals surface area contributed by atoms with Crippen LogP contribution in [0.2, 0.25) is 0 Å². The van der Waals surface area contributed by atoms with Crippen molar-refractivity contribution in [3.8, 4) is 6.07 Å². The first-order valence-corrected chi connectivity index (χ1v) is 6.91. The molecule has 0 saturated carbocycles. The fraction of sp³-hybridized carbons (Fsp3) is 0.0714. The maximum absolute atomic E-state index is 11.1. The van der Waals surface area contributed by atoms with Gasteiger partial charge in [0.25, 0.3) is 5.24 Å². The molecule has 1 N–H and O–H groups in total. The molecule has 0 unspecified atom stereocenters. The lowest BCUT2D eigenvalue weighted by Gasteiger charge is -2.00. The highest BCUT2D eigenvalue weighted by Gasteiger charge is 2.12. The number of benzene rings is 1. The molecule has 21 heavy (non-hydrogen) atoms. The van der Waals surface area contributed by atoms with E-state index in [9.17, 15) is 9.59 Å². The van der Waals surface area contributed by atoms with E-state index in [1.54, 1.807) is 30.5 Å². The number of halogens is 2. The quantitative estimate of drug-likeness (QED) is 0.511. The Hall–Kier alpha value is -2.10. The largest absolute Gasteiger partial charge is 0.480 e. The lowest BCUT2D eigenvalue weighted by molar-refractivity contribution is -0.137. The van der Waals surface area contributed by atoms with Crippen molar-refractivity contribution in [3.05, 3.63) is 40.0 Å². The molecule has 1 heterocycles. The third-order valence-corrected chi connectivity index (χ3v) is 3.51. The van der Waals surface area contributed by atoms with E-state index in [1.165, 1.54) is 10.6 Å². The van der Waals surface area contributed by atoms with Gasteiger partial charge in [0.15, 0.2) is 0 Å². The van der Waals surface area contributed by atoms with E-state index in [4.69, 9.17) is 22.0 Å². The Morgan fingerprint density at radius 2 is 2.19 bits per heavy atom. The SMILES string of the molecule is N#CC(=Cc1cn(CC(=O)O)c2ccc(Br)cc12)C(=O)Cl. The summed E-state index contributed by atoms with van der Waals surface area (Å²) in [4.78, 5) is 22.0. The molecule has 0 radical (unpaired) electrons. The van der Waals surface area contributed by atoms with Crippen molar-refractivity contribution < 1.29 is 14.7 Å². The monoisotopic (exact) mass is 366 g/mol. The molecule has 0 atom stereocenters. The number of carbonyl (C=O) groups excluding carboxylic acids is 1. The Labute approximate surface area is 133 Å². The molecule has 0 aliphatic rings. The van der Waals surface area contributed by atoms with E-state index >= 15 is 0 Å². The van der Waals surface area contributed by atoms with Gasteiger partial charge in [-0.3, -0.25) is 9.59 Å². The third-order valence-electron chi connectivity index (χ3n) is 2.81. The molecule has 1 aromatic heterocycles. The lowest BCUT2D eigenvalue weighted by Crippen LogP contribution is -2.07. The molecule has 0 fully saturated rings. The second-order valence-corrected chi connectivity index (χ2v) is 5.47. The van der Waals surface area contributed by atoms with Gasteiger partial charge in [-0.1, -0.05) is 15.9 Å². The van der Waals surface area contributed by atoms with Crippen molar-refractivity contribution in [1.29, 1.82) is 5.26 Å². The number of rotatable bonds is 4. The molecular formula is C14H8BrClN2O3. The zero-order chi connectivity index (χ0) is 15.6. The van der Waals surface area contributed by atoms with Crippen LogP contribution >= 0.6 is 27.5 Å². The lowest BCUT2D eigenvalue weighted by atomic mass is 10.1. The maximum atomic E-state index is 11.1. The number of aromatic nitrogens is 1. The van der Waals surface area contributed by atoms with Gasteiger partial charge < -0.3 is 9.67 Å². The van der Waals surface area contributed by atoms with Crippen molar-refractivity contribution in [2.45, 2.75) is 6.54 Å². The van der Waals surface area contributed by atoms with Gasteiger partial charge >= 0.3 is 5.97 Å². The molecule has 0 bridgehead atoms. The van der Waals surface area contributed by atoms with E-state index < -0.39 is 11.2 Å². The molecule has 0 amide bonds. The van der Waals surface area contributed by atoms with Crippen LogP contribution < -0.4 is 0 Å². The summed E-state index contributed by atoms with van der Waals surface area (Å²) in [5.41, 5.74) is 1.04. The van der Waals surface area contributed by atoms with Crippen molar-refractivity contribution in [1.82, 2.24) is 4.57 Å². The fourth-order valence-electron chi connectivity index (χ4n) is 1.98. The average Bonchev–Trinajstić information content (AvgIpc) is 2.72. The van der Waals surface area contributed by atoms with Gasteiger partial charge in [-0.25, -0.2) is 0 Å². The highest BCUT2D eigenvalue weighted by molar-refractivity contribution is 9.10. The minimum atomic E-state index is -0.987. The van der Waals surface area contributed by atoms with E-state index in [2.05, 4.69) is 15.9 Å². The molecular weight excluding hydrogens is 360 g/mol. The van der Waals surface area contributed by atoms with Crippen molar-refractivity contribution in [2.24, 2.45) is 0 Å². The van der Waals surface area contributed by atoms with Crippen molar-refractivity contribution in [2.75, 3.05) is 0 Å². The van der Waals surface area contributed by atoms with Gasteiger partial charge in [0, 0.05) is 27.1 Å². The van der Waals surface area contributed by atoms with Gasteiger partial charge in [-0.15, -0.1) is 0 Å². The first kappa shape index (κ1) is 15.3. The van der Waals surface area contributed by atoms with Crippen LogP contribution in [0.15, 0.2) is 34.4 Å². The number of aliphatic carboxylic acids is 1. The predicted molar refractivity (Wildman–Crippen MR) is 81.7 cm³/mol. The second kappa shape index (κ2) is 6.12. The van der Waals surface area contributed by atoms with Gasteiger partial charge in [-0.2, -0.15) is 5.26 Å². The number of carboxylic acid groups (broad SMARTS) is 1. The Kier molecular flexibility index (Phi) is 4.46. The van der Waals surface area contributed by atoms with Crippen LogP contribution in [0.5, 0.6) is 0 Å². The molecule has 106 valence electrons. The molecule has 0 spiro atoms. The summed E-state index contributed by atoms with van der Waals surface area (Å²) in [6, 6.07) is 7.05. The van der Waals surface area contributed by atoms with Gasteiger partial charge in [-0.05, 0) is 35.9 Å². The molecule has 0 aliphatic heterocycles. The molecule has 0 aliphatic carbocycles. The first-order valence-electron chi connectivity index (χ1n) is 5.74. The van der Waals surface area contributed by atoms with Crippen molar-refractivity contribution in [3.63, 3.8) is 0 Å². The van der Waals surface area contributed by atoms with Gasteiger partial charge in [0.2, 0.25) is 0 Å². The van der Waals surface area contributed by atoms with Crippen LogP contribution in [0.1, 0.15) is 5.56 Å². The van der Waals surface area contributed by atoms with Crippen LogP contribution in [0.4, 0.5) is 0 Å². The molecule has 5 nitrogen and oxygen atoms in total. The number of carbonyl (C=O) groups is 2. The van der Waals surface area contributed by atoms with Crippen LogP contribution in [0, 0.1) is 11.3 Å². The van der Waals surface area contributed by atoms with E-state index in [0.29, 0.717) is 11.1 Å². The smallest absolute Gasteiger partial charge is 0.323 e. The molecule has 7 heteroatoms. The summed E-state index contributed by atoms with van der Waals surface area (Å²) in [7, 11) is 0. The van der Waals surface area contributed by atoms with E-state index in [-0.39, 0.29) is 12.1 Å². The second-order valence-electron chi connectivity index (χ2n) is 4.21. The summed E-state index contributed by atoms with van der Waals surface area (Å²) < 4.78 is 2.33. The predicted octanol–water partition coefficient (Wildman–Crippen LogP) is 3.16. The van der Waals surface area contributed by atoms with E-state index in [1.807, 2.05) is 0 Å². The van der Waals surface area contributed by atoms with Gasteiger partial charge in [0.1, 0.15) is 18.2 Å². The molecule has 2 aromatic rings. The standard InChI is InChI=1S/C14H8BrClN2O3/c15-10-1-2-12-11(4-10)9(3-8(5-17)14(16)21)6-18(12)7-13(19)20/h1-4,6H,7H2,(H,19,20). The summed E-state index contributed by atoms with van der Waals surface area (Å²) in [6.45, 7) is -0.220. The highest BCUT2D eigenvalue weighted by atomic mass is 79.9. The topological polar surface area (TPSA) is 83.1 Å². The fourth-order valence-corrected chi connectivity index (χ4v) is 2.43. The third kappa shape index (κ3) is 3.32. The zero-order valence-electron chi connectivity index (χ0n) is 10.5. The minimum Gasteiger partial charge on any atom is -0.480 e. The number of fused-ring (bicyclic) bond motifs is 1. The Morgan fingerprint density at radius 3 is 2.76 bits per heavy atom. The Balaban J connectivity index is 2.69. The number of nitriles is 1. The zero-order valence-corrected chi connectivity index (χ0v) is 12.8. The minimum absolute atomic E-state index is 0.203. The summed E-state index contributed by atoms with van der Waals surface area (Å²) in [5, 5.41) is 17.7. The molecule has 0 saturated heterocycles. The van der Waals surface area contributed by atoms with Gasteiger partial charge in [0.05, 0.1) is 0 Å². The number of carboxylic acids is 1. The van der Waals surface area contributed by atoms with Crippen LogP contribution in [0.25, 0.3) is 17.0 Å². The first-order chi connectivity index (χ1) is 9.92. The Morgan fingerprint density at radius 1 is 1.48 bits per heavy atom. The number of nitrogens with zero attached hydrogens (tertiary/aromatic N) is 2. The highest BCUT2D eigenvalue weighted by Crippen LogP contribution is 2.27. The summed E-state index contributed by atoms with van der Waals surface area (Å²) in [6.07, 6.45) is 2.92. The number of hydrogen-bond donors (Lipinski definition) is 1. The van der Waals surface area contributed by atoms with Crippen LogP contribution in [-0.2, 0) is 16.1 Å². The molecule has 2 rings (SSSR count). The Bertz CT molecular complexity index is 817. The normalized spacial score (nSPS) is 11.4. The molecule has 1 aromatic carbocycles. The summed E-state index contributed by atoms with van der Waals surface area (Å²) >= 11 is 8.66. The number of hydrogen-bond acceptors (Lipinski definition) is 3. The summed E-state index contributed by atoms with van der Waals surface area (Å²) in [5.74, 6) is -0.987. The number of allylic oxidation sites excluding steroid dienone is 1. The average molecular weight is 368 g/mol. The van der Waals surface area contributed by atoms with Crippen LogP contribution in [0.3, 0.4) is 0 Å². The van der Waals surface area contributed by atoms with Crippen LogP contribution in [-0.4, -0.2) is 20.9 Å². The maximum Gasteiger partial charge on any atom is 0.323 e.